The third-order valence-electron chi connectivity index (χ3n) is 2.85. The molecule has 0 amide bonds. The first-order valence-electron chi connectivity index (χ1n) is 5.04. The SMILES string of the molecule is CCCCOC1(C)CCCN1C. The van der Waals surface area contributed by atoms with E-state index in [2.05, 4.69) is 25.8 Å². The van der Waals surface area contributed by atoms with Gasteiger partial charge in [0.25, 0.3) is 0 Å². The van der Waals surface area contributed by atoms with Crippen molar-refractivity contribution in [3.8, 4) is 0 Å². The zero-order valence-corrected chi connectivity index (χ0v) is 8.60. The van der Waals surface area contributed by atoms with Crippen LogP contribution < -0.4 is 0 Å². The summed E-state index contributed by atoms with van der Waals surface area (Å²) in [5.74, 6) is 0. The highest BCUT2D eigenvalue weighted by atomic mass is 16.5. The molecule has 0 radical (unpaired) electrons. The van der Waals surface area contributed by atoms with Crippen LogP contribution in [0.3, 0.4) is 0 Å². The smallest absolute Gasteiger partial charge is 0.118 e. The predicted octanol–water partition coefficient (Wildman–Crippen LogP) is 2.24. The van der Waals surface area contributed by atoms with E-state index in [0.717, 1.165) is 6.61 Å². The van der Waals surface area contributed by atoms with Crippen molar-refractivity contribution in [3.05, 3.63) is 0 Å². The number of hydrogen-bond acceptors (Lipinski definition) is 2. The van der Waals surface area contributed by atoms with Gasteiger partial charge in [-0.3, -0.25) is 4.90 Å². The van der Waals surface area contributed by atoms with Gasteiger partial charge in [0, 0.05) is 13.2 Å². The van der Waals surface area contributed by atoms with Gasteiger partial charge in [0.05, 0.1) is 0 Å². The van der Waals surface area contributed by atoms with Gasteiger partial charge >= 0.3 is 0 Å². The Morgan fingerprint density at radius 2 is 2.25 bits per heavy atom. The summed E-state index contributed by atoms with van der Waals surface area (Å²) in [4.78, 5) is 2.32. The topological polar surface area (TPSA) is 12.5 Å². The monoisotopic (exact) mass is 171 g/mol. The molecule has 1 aliphatic rings. The highest BCUT2D eigenvalue weighted by Crippen LogP contribution is 2.28. The molecule has 0 saturated carbocycles. The molecule has 12 heavy (non-hydrogen) atoms. The van der Waals surface area contributed by atoms with Crippen molar-refractivity contribution in [2.75, 3.05) is 20.2 Å². The third-order valence-corrected chi connectivity index (χ3v) is 2.85. The Morgan fingerprint density at radius 3 is 2.75 bits per heavy atom. The molecule has 0 aliphatic carbocycles. The molecular formula is C10H21NO. The molecule has 0 aromatic heterocycles. The molecule has 1 unspecified atom stereocenters. The van der Waals surface area contributed by atoms with Gasteiger partial charge in [-0.05, 0) is 33.2 Å². The molecule has 0 bridgehead atoms. The van der Waals surface area contributed by atoms with Crippen molar-refractivity contribution in [1.82, 2.24) is 4.90 Å². The number of unbranched alkanes of at least 4 members (excludes halogenated alkanes) is 1. The van der Waals surface area contributed by atoms with E-state index in [-0.39, 0.29) is 5.72 Å². The Kier molecular flexibility index (Phi) is 3.53. The van der Waals surface area contributed by atoms with Gasteiger partial charge in [-0.1, -0.05) is 13.3 Å². The largest absolute Gasteiger partial charge is 0.361 e. The van der Waals surface area contributed by atoms with Crippen LogP contribution >= 0.6 is 0 Å². The van der Waals surface area contributed by atoms with Gasteiger partial charge in [-0.15, -0.1) is 0 Å². The van der Waals surface area contributed by atoms with E-state index in [1.54, 1.807) is 0 Å². The van der Waals surface area contributed by atoms with Gasteiger partial charge in [0.2, 0.25) is 0 Å². The Bertz CT molecular complexity index is 138. The number of rotatable bonds is 4. The molecule has 0 aromatic rings. The molecule has 0 aromatic carbocycles. The van der Waals surface area contributed by atoms with E-state index in [1.165, 1.54) is 32.2 Å². The Labute approximate surface area is 75.9 Å². The summed E-state index contributed by atoms with van der Waals surface area (Å²) in [6.45, 7) is 6.50. The fourth-order valence-corrected chi connectivity index (χ4v) is 1.69. The predicted molar refractivity (Wildman–Crippen MR) is 51.1 cm³/mol. The first-order chi connectivity index (χ1) is 5.69. The fourth-order valence-electron chi connectivity index (χ4n) is 1.69. The number of likely N-dealkylation sites (tertiary alicyclic amines) is 1. The minimum Gasteiger partial charge on any atom is -0.361 e. The molecule has 1 fully saturated rings. The summed E-state index contributed by atoms with van der Waals surface area (Å²) < 4.78 is 5.87. The van der Waals surface area contributed by atoms with Crippen LogP contribution in [-0.4, -0.2) is 30.8 Å². The minimum absolute atomic E-state index is 0.0369. The summed E-state index contributed by atoms with van der Waals surface area (Å²) in [7, 11) is 2.15. The molecule has 0 N–H and O–H groups in total. The van der Waals surface area contributed by atoms with Gasteiger partial charge in [0.1, 0.15) is 5.72 Å². The quantitative estimate of drug-likeness (QED) is 0.601. The van der Waals surface area contributed by atoms with Crippen LogP contribution in [0.1, 0.15) is 39.5 Å². The zero-order valence-electron chi connectivity index (χ0n) is 8.60. The molecule has 72 valence electrons. The molecule has 1 heterocycles. The second-order valence-electron chi connectivity index (χ2n) is 3.90. The van der Waals surface area contributed by atoms with E-state index in [0.29, 0.717) is 0 Å². The number of nitrogens with zero attached hydrogens (tertiary/aromatic N) is 1. The van der Waals surface area contributed by atoms with E-state index in [1.807, 2.05) is 0 Å². The maximum Gasteiger partial charge on any atom is 0.118 e. The van der Waals surface area contributed by atoms with Crippen molar-refractivity contribution < 1.29 is 4.74 Å². The molecule has 0 spiro atoms. The second-order valence-corrected chi connectivity index (χ2v) is 3.90. The van der Waals surface area contributed by atoms with Crippen molar-refractivity contribution >= 4 is 0 Å². The minimum atomic E-state index is 0.0369. The molecule has 1 rings (SSSR count). The lowest BCUT2D eigenvalue weighted by Gasteiger charge is -2.32. The van der Waals surface area contributed by atoms with Crippen molar-refractivity contribution in [2.24, 2.45) is 0 Å². The molecule has 1 aliphatic heterocycles. The van der Waals surface area contributed by atoms with Crippen LogP contribution in [0.5, 0.6) is 0 Å². The summed E-state index contributed by atoms with van der Waals surface area (Å²) in [6.07, 6.45) is 4.87. The van der Waals surface area contributed by atoms with Crippen LogP contribution in [0.2, 0.25) is 0 Å². The Morgan fingerprint density at radius 1 is 1.50 bits per heavy atom. The Balaban J connectivity index is 2.27. The van der Waals surface area contributed by atoms with Crippen LogP contribution in [0.15, 0.2) is 0 Å². The van der Waals surface area contributed by atoms with Crippen LogP contribution in [0.4, 0.5) is 0 Å². The molecule has 2 nitrogen and oxygen atoms in total. The third kappa shape index (κ3) is 2.20. The number of ether oxygens (including phenoxy) is 1. The standard InChI is InChI=1S/C10H21NO/c1-4-5-9-12-10(2)7-6-8-11(10)3/h4-9H2,1-3H3. The fraction of sp³-hybridized carbons (Fsp3) is 1.00. The van der Waals surface area contributed by atoms with Crippen molar-refractivity contribution in [1.29, 1.82) is 0 Å². The van der Waals surface area contributed by atoms with Gasteiger partial charge in [0.15, 0.2) is 0 Å². The summed E-state index contributed by atoms with van der Waals surface area (Å²) in [5, 5.41) is 0. The highest BCUT2D eigenvalue weighted by Gasteiger charge is 2.34. The molecule has 1 atom stereocenters. The highest BCUT2D eigenvalue weighted by molar-refractivity contribution is 4.81. The van der Waals surface area contributed by atoms with E-state index >= 15 is 0 Å². The van der Waals surface area contributed by atoms with Crippen molar-refractivity contribution in [2.45, 2.75) is 45.3 Å². The maximum atomic E-state index is 5.87. The zero-order chi connectivity index (χ0) is 9.03. The lowest BCUT2D eigenvalue weighted by molar-refractivity contribution is -0.112. The van der Waals surface area contributed by atoms with E-state index in [9.17, 15) is 0 Å². The first-order valence-corrected chi connectivity index (χ1v) is 5.04. The maximum absolute atomic E-state index is 5.87. The van der Waals surface area contributed by atoms with Gasteiger partial charge in [-0.25, -0.2) is 0 Å². The molecular weight excluding hydrogens is 150 g/mol. The van der Waals surface area contributed by atoms with E-state index in [4.69, 9.17) is 4.74 Å². The van der Waals surface area contributed by atoms with Gasteiger partial charge < -0.3 is 4.74 Å². The number of hydrogen-bond donors (Lipinski definition) is 0. The normalized spacial score (nSPS) is 31.2. The van der Waals surface area contributed by atoms with Crippen LogP contribution in [-0.2, 0) is 4.74 Å². The lowest BCUT2D eigenvalue weighted by atomic mass is 10.2. The Hall–Kier alpha value is -0.0800. The summed E-state index contributed by atoms with van der Waals surface area (Å²) in [6, 6.07) is 0. The van der Waals surface area contributed by atoms with E-state index < -0.39 is 0 Å². The summed E-state index contributed by atoms with van der Waals surface area (Å²) >= 11 is 0. The average Bonchev–Trinajstić information content (AvgIpc) is 2.34. The van der Waals surface area contributed by atoms with Crippen LogP contribution in [0.25, 0.3) is 0 Å². The van der Waals surface area contributed by atoms with Crippen molar-refractivity contribution in [3.63, 3.8) is 0 Å². The van der Waals surface area contributed by atoms with Crippen LogP contribution in [0, 0.1) is 0 Å². The summed E-state index contributed by atoms with van der Waals surface area (Å²) in [5.41, 5.74) is 0.0369. The average molecular weight is 171 g/mol. The second kappa shape index (κ2) is 4.24. The lowest BCUT2D eigenvalue weighted by Crippen LogP contribution is -2.40. The van der Waals surface area contributed by atoms with Gasteiger partial charge in [-0.2, -0.15) is 0 Å². The molecule has 1 saturated heterocycles. The molecule has 2 heteroatoms. The first kappa shape index (κ1) is 10.0.